The zero-order valence-corrected chi connectivity index (χ0v) is 13.8. The summed E-state index contributed by atoms with van der Waals surface area (Å²) in [6.45, 7) is 7.01. The van der Waals surface area contributed by atoms with Crippen molar-refractivity contribution in [2.75, 3.05) is 19.8 Å². The number of carbonyl (C=O) groups excluding carboxylic acids is 1. The SMILES string of the molecule is CCCOC(=O)Oc1c(OCC)cc(OCC)c2ccccc12. The number of hydrogen-bond donors (Lipinski definition) is 0. The molecule has 0 unspecified atom stereocenters. The summed E-state index contributed by atoms with van der Waals surface area (Å²) in [6, 6.07) is 9.31. The van der Waals surface area contributed by atoms with Crippen molar-refractivity contribution in [1.82, 2.24) is 0 Å². The van der Waals surface area contributed by atoms with Crippen molar-refractivity contribution >= 4 is 16.9 Å². The van der Waals surface area contributed by atoms with E-state index in [1.165, 1.54) is 0 Å². The molecule has 0 spiro atoms. The normalized spacial score (nSPS) is 10.4. The van der Waals surface area contributed by atoms with E-state index >= 15 is 0 Å². The lowest BCUT2D eigenvalue weighted by Crippen LogP contribution is -2.12. The van der Waals surface area contributed by atoms with E-state index in [1.54, 1.807) is 6.07 Å². The van der Waals surface area contributed by atoms with Crippen LogP contribution in [0.25, 0.3) is 10.8 Å². The van der Waals surface area contributed by atoms with Crippen LogP contribution in [0.2, 0.25) is 0 Å². The van der Waals surface area contributed by atoms with Crippen molar-refractivity contribution in [2.45, 2.75) is 27.2 Å². The Hall–Kier alpha value is -2.43. The van der Waals surface area contributed by atoms with Crippen LogP contribution in [0, 0.1) is 0 Å². The van der Waals surface area contributed by atoms with E-state index in [9.17, 15) is 4.79 Å². The molecule has 0 aliphatic rings. The van der Waals surface area contributed by atoms with Crippen LogP contribution in [0.3, 0.4) is 0 Å². The summed E-state index contributed by atoms with van der Waals surface area (Å²) in [6.07, 6.45) is -0.000578. The standard InChI is InChI=1S/C18H22O5/c1-4-11-22-18(19)23-17-14-10-8-7-9-13(14)15(20-5-2)12-16(17)21-6-3/h7-10,12H,4-6,11H2,1-3H3. The van der Waals surface area contributed by atoms with E-state index in [0.29, 0.717) is 37.1 Å². The van der Waals surface area contributed by atoms with Gasteiger partial charge in [0, 0.05) is 16.8 Å². The van der Waals surface area contributed by atoms with Crippen molar-refractivity contribution in [3.63, 3.8) is 0 Å². The second-order valence-corrected chi connectivity index (χ2v) is 4.81. The molecule has 23 heavy (non-hydrogen) atoms. The minimum Gasteiger partial charge on any atom is -0.493 e. The molecule has 0 bridgehead atoms. The molecule has 0 amide bonds. The van der Waals surface area contributed by atoms with Gasteiger partial charge in [-0.1, -0.05) is 31.2 Å². The van der Waals surface area contributed by atoms with Gasteiger partial charge in [0.1, 0.15) is 5.75 Å². The number of hydrogen-bond acceptors (Lipinski definition) is 5. The maximum Gasteiger partial charge on any atom is 0.513 e. The van der Waals surface area contributed by atoms with Gasteiger partial charge >= 0.3 is 6.16 Å². The Labute approximate surface area is 136 Å². The molecule has 2 aromatic carbocycles. The van der Waals surface area contributed by atoms with Crippen LogP contribution in [0.1, 0.15) is 27.2 Å². The fourth-order valence-electron chi connectivity index (χ4n) is 2.23. The van der Waals surface area contributed by atoms with Crippen molar-refractivity contribution in [3.05, 3.63) is 30.3 Å². The highest BCUT2D eigenvalue weighted by atomic mass is 16.7. The van der Waals surface area contributed by atoms with E-state index in [1.807, 2.05) is 45.0 Å². The molecule has 124 valence electrons. The van der Waals surface area contributed by atoms with Gasteiger partial charge in [0.15, 0.2) is 11.5 Å². The summed E-state index contributed by atoms with van der Waals surface area (Å²) in [5.74, 6) is 1.51. The Balaban J connectivity index is 2.49. The zero-order chi connectivity index (χ0) is 16.7. The topological polar surface area (TPSA) is 54.0 Å². The van der Waals surface area contributed by atoms with Crippen LogP contribution in [0.4, 0.5) is 4.79 Å². The molecule has 0 radical (unpaired) electrons. The zero-order valence-electron chi connectivity index (χ0n) is 13.8. The summed E-state index contributed by atoms with van der Waals surface area (Å²) in [7, 11) is 0. The predicted octanol–water partition coefficient (Wildman–Crippen LogP) is 4.56. The Bertz CT molecular complexity index is 666. The van der Waals surface area contributed by atoms with Gasteiger partial charge in [-0.05, 0) is 20.3 Å². The molecule has 0 saturated heterocycles. The average molecular weight is 318 g/mol. The minimum absolute atomic E-state index is 0.317. The van der Waals surface area contributed by atoms with Crippen molar-refractivity contribution < 1.29 is 23.7 Å². The second-order valence-electron chi connectivity index (χ2n) is 4.81. The molecule has 5 nitrogen and oxygen atoms in total. The maximum atomic E-state index is 11.9. The number of rotatable bonds is 7. The predicted molar refractivity (Wildman–Crippen MR) is 88.6 cm³/mol. The Kier molecular flexibility index (Phi) is 6.09. The monoisotopic (exact) mass is 318 g/mol. The van der Waals surface area contributed by atoms with Crippen molar-refractivity contribution in [2.24, 2.45) is 0 Å². The highest BCUT2D eigenvalue weighted by molar-refractivity contribution is 5.96. The average Bonchev–Trinajstić information content (AvgIpc) is 2.56. The van der Waals surface area contributed by atoms with Crippen LogP contribution in [0.15, 0.2) is 30.3 Å². The first-order valence-corrected chi connectivity index (χ1v) is 7.87. The molecular formula is C18H22O5. The highest BCUT2D eigenvalue weighted by Crippen LogP contribution is 2.41. The van der Waals surface area contributed by atoms with Crippen molar-refractivity contribution in [3.8, 4) is 17.2 Å². The summed E-state index contributed by atoms with van der Waals surface area (Å²) >= 11 is 0. The molecule has 0 aliphatic heterocycles. The third-order valence-corrected chi connectivity index (χ3v) is 3.13. The molecule has 0 N–H and O–H groups in total. The Morgan fingerprint density at radius 2 is 1.61 bits per heavy atom. The van der Waals surface area contributed by atoms with Crippen LogP contribution in [-0.4, -0.2) is 26.0 Å². The van der Waals surface area contributed by atoms with Crippen molar-refractivity contribution in [1.29, 1.82) is 0 Å². The fourth-order valence-corrected chi connectivity index (χ4v) is 2.23. The molecular weight excluding hydrogens is 296 g/mol. The van der Waals surface area contributed by atoms with Crippen LogP contribution in [-0.2, 0) is 4.74 Å². The molecule has 0 saturated carbocycles. The van der Waals surface area contributed by atoms with Crippen LogP contribution >= 0.6 is 0 Å². The van der Waals surface area contributed by atoms with Gasteiger partial charge < -0.3 is 18.9 Å². The van der Waals surface area contributed by atoms with Gasteiger partial charge in [-0.15, -0.1) is 0 Å². The van der Waals surface area contributed by atoms with Gasteiger partial charge in [0.05, 0.1) is 19.8 Å². The summed E-state index contributed by atoms with van der Waals surface area (Å²) in [5, 5.41) is 1.60. The van der Waals surface area contributed by atoms with Crippen LogP contribution in [0.5, 0.6) is 17.2 Å². The van der Waals surface area contributed by atoms with Gasteiger partial charge in [-0.3, -0.25) is 0 Å². The van der Waals surface area contributed by atoms with Crippen LogP contribution < -0.4 is 14.2 Å². The first-order chi connectivity index (χ1) is 11.2. The smallest absolute Gasteiger partial charge is 0.493 e. The highest BCUT2D eigenvalue weighted by Gasteiger charge is 2.18. The molecule has 0 heterocycles. The van der Waals surface area contributed by atoms with Gasteiger partial charge in [-0.2, -0.15) is 0 Å². The van der Waals surface area contributed by atoms with E-state index in [2.05, 4.69) is 0 Å². The Morgan fingerprint density at radius 3 is 2.26 bits per heavy atom. The summed E-state index contributed by atoms with van der Waals surface area (Å²) in [5.41, 5.74) is 0. The van der Waals surface area contributed by atoms with E-state index in [0.717, 1.165) is 17.2 Å². The molecule has 0 aliphatic carbocycles. The third-order valence-electron chi connectivity index (χ3n) is 3.13. The van der Waals surface area contributed by atoms with Gasteiger partial charge in [0.25, 0.3) is 0 Å². The lowest BCUT2D eigenvalue weighted by Gasteiger charge is -2.16. The molecule has 5 heteroatoms. The number of fused-ring (bicyclic) bond motifs is 1. The maximum absolute atomic E-state index is 11.9. The lowest BCUT2D eigenvalue weighted by atomic mass is 10.1. The number of ether oxygens (including phenoxy) is 4. The third kappa shape index (κ3) is 4.06. The number of benzene rings is 2. The first-order valence-electron chi connectivity index (χ1n) is 7.87. The molecule has 2 aromatic rings. The van der Waals surface area contributed by atoms with E-state index in [-0.39, 0.29) is 0 Å². The molecule has 0 fully saturated rings. The van der Waals surface area contributed by atoms with Gasteiger partial charge in [0.2, 0.25) is 0 Å². The molecule has 0 atom stereocenters. The largest absolute Gasteiger partial charge is 0.513 e. The molecule has 2 rings (SSSR count). The Morgan fingerprint density at radius 1 is 0.957 bits per heavy atom. The first kappa shape index (κ1) is 16.9. The number of carbonyl (C=O) groups is 1. The fraction of sp³-hybridized carbons (Fsp3) is 0.389. The van der Waals surface area contributed by atoms with E-state index < -0.39 is 6.16 Å². The summed E-state index contributed by atoms with van der Waals surface area (Å²) < 4.78 is 21.7. The van der Waals surface area contributed by atoms with E-state index in [4.69, 9.17) is 18.9 Å². The molecule has 0 aromatic heterocycles. The minimum atomic E-state index is -0.734. The summed E-state index contributed by atoms with van der Waals surface area (Å²) in [4.78, 5) is 11.9. The second kappa shape index (κ2) is 8.27. The van der Waals surface area contributed by atoms with Gasteiger partial charge in [-0.25, -0.2) is 4.79 Å². The lowest BCUT2D eigenvalue weighted by molar-refractivity contribution is 0.0982. The quantitative estimate of drug-likeness (QED) is 0.553.